The molecule has 0 radical (unpaired) electrons. The van der Waals surface area contributed by atoms with Gasteiger partial charge in [-0.3, -0.25) is 19.2 Å². The van der Waals surface area contributed by atoms with Crippen LogP contribution >= 0.6 is 0 Å². The molecule has 15 nitrogen and oxygen atoms in total. The van der Waals surface area contributed by atoms with Crippen molar-refractivity contribution in [2.75, 3.05) is 46.8 Å². The molecule has 0 heterocycles. The number of nitrogens with zero attached hydrogens (tertiary/aromatic N) is 1. The number of methoxy groups -OCH3 is 1. The molecular formula is C50H101F3KNO14SSi2. The molecule has 1 N–H and O–H groups in total. The number of hydrogen-bond acceptors (Lipinski definition) is 13. The number of carboxylic acids is 1. The molecule has 0 aliphatic carbocycles. The molecule has 0 saturated carbocycles. The van der Waals surface area contributed by atoms with Gasteiger partial charge in [0.15, 0.2) is 26.7 Å². The van der Waals surface area contributed by atoms with Crippen LogP contribution in [-0.2, 0) is 61.8 Å². The number of unbranched alkanes of at least 4 members (excludes halogenated alkanes) is 1. The molecule has 426 valence electrons. The Morgan fingerprint density at radius 1 is 0.639 bits per heavy atom. The summed E-state index contributed by atoms with van der Waals surface area (Å²) in [5.74, 6) is -1.70. The molecule has 0 aromatic rings. The van der Waals surface area contributed by atoms with Crippen LogP contribution < -0.4 is 51.4 Å². The molecule has 0 aliphatic rings. The summed E-state index contributed by atoms with van der Waals surface area (Å²) in [4.78, 5) is 55.8. The average molecular weight is 1120 g/mol. The fourth-order valence-corrected chi connectivity index (χ4v) is 13.2. The number of carbonyl (C=O) groups excluding carboxylic acids is 4. The van der Waals surface area contributed by atoms with Gasteiger partial charge >= 0.3 is 80.8 Å². The molecule has 0 fully saturated rings. The Kier molecular flexibility index (Phi) is 48.2. The second kappa shape index (κ2) is 42.1. The molecule has 3 atom stereocenters. The maximum Gasteiger partial charge on any atom is 1.00 e. The van der Waals surface area contributed by atoms with Gasteiger partial charge in [0.05, 0.1) is 61.6 Å². The summed E-state index contributed by atoms with van der Waals surface area (Å²) in [5.41, 5.74) is -7.63. The van der Waals surface area contributed by atoms with Crippen LogP contribution in [0.2, 0.25) is 38.8 Å². The normalized spacial score (nSPS) is 13.2. The van der Waals surface area contributed by atoms with E-state index in [0.717, 1.165) is 38.1 Å². The van der Waals surface area contributed by atoms with Gasteiger partial charge in [0.2, 0.25) is 0 Å². The van der Waals surface area contributed by atoms with Gasteiger partial charge < -0.3 is 42.4 Å². The van der Waals surface area contributed by atoms with E-state index >= 15 is 0 Å². The largest absolute Gasteiger partial charge is 1.00 e. The van der Waals surface area contributed by atoms with Gasteiger partial charge in [0.25, 0.3) is 0 Å². The summed E-state index contributed by atoms with van der Waals surface area (Å²) < 4.78 is 90.6. The number of rotatable bonds is 29. The molecule has 72 heavy (non-hydrogen) atoms. The van der Waals surface area contributed by atoms with E-state index in [-0.39, 0.29) is 93.0 Å². The molecule has 0 rings (SSSR count). The first-order valence-corrected chi connectivity index (χ1v) is 33.3. The van der Waals surface area contributed by atoms with Gasteiger partial charge in [-0.05, 0) is 117 Å². The number of aliphatic carboxylic acids is 1. The van der Waals surface area contributed by atoms with Crippen molar-refractivity contribution in [1.29, 1.82) is 0 Å². The molecular weight excluding hydrogens is 1020 g/mol. The minimum absolute atomic E-state index is 0. The topological polar surface area (TPSA) is 209 Å². The number of sulfonamides is 1. The van der Waals surface area contributed by atoms with E-state index in [2.05, 4.69) is 51.3 Å². The summed E-state index contributed by atoms with van der Waals surface area (Å²) in [6.07, 6.45) is 9.02. The third-order valence-corrected chi connectivity index (χ3v) is 18.7. The zero-order valence-electron chi connectivity index (χ0n) is 49.0. The third-order valence-electron chi connectivity index (χ3n) is 11.5. The van der Waals surface area contributed by atoms with Gasteiger partial charge in [0.1, 0.15) is 6.61 Å². The van der Waals surface area contributed by atoms with E-state index in [0.29, 0.717) is 52.0 Å². The number of hydrogen-bond donors (Lipinski definition) is 1. The fourth-order valence-electron chi connectivity index (χ4n) is 4.63. The Labute approximate surface area is 480 Å². The quantitative estimate of drug-likeness (QED) is 0.0320. The van der Waals surface area contributed by atoms with Crippen molar-refractivity contribution >= 4 is 56.4 Å². The maximum atomic E-state index is 11.9. The summed E-state index contributed by atoms with van der Waals surface area (Å²) in [5, 5.41) is 8.44. The predicted octanol–water partition coefficient (Wildman–Crippen LogP) is 10.1. The number of carbonyl (C=O) groups is 5. The first-order chi connectivity index (χ1) is 32.2. The first kappa shape index (κ1) is 82.4. The van der Waals surface area contributed by atoms with Crippen molar-refractivity contribution in [3.8, 4) is 0 Å². The number of amides is 1. The Bertz CT molecular complexity index is 1580. The van der Waals surface area contributed by atoms with Crippen LogP contribution in [0.15, 0.2) is 0 Å². The van der Waals surface area contributed by atoms with E-state index < -0.39 is 54.9 Å². The van der Waals surface area contributed by atoms with Crippen molar-refractivity contribution < 1.29 is 130 Å². The predicted molar refractivity (Wildman–Crippen MR) is 282 cm³/mol. The maximum absolute atomic E-state index is 11.9. The van der Waals surface area contributed by atoms with Crippen molar-refractivity contribution in [3.63, 3.8) is 0 Å². The SMILES string of the molecule is CCC(C)(C)C(=O)O.CCC(C)(C)C(=O)OCCC[Si](C)(C)O[Si](C)(C)C.CCC(C)(C)C(=O)[N-]S(=O)(=O)C(F)(F)F.CCC(C)C(=O)OCCOCCOC.CCCCC(CC)COC(=O)C(C)CC.[K+]. The van der Waals surface area contributed by atoms with Gasteiger partial charge in [-0.25, -0.2) is 8.42 Å². The van der Waals surface area contributed by atoms with Crippen molar-refractivity contribution in [2.24, 2.45) is 34.0 Å². The molecule has 0 aromatic carbocycles. The number of carboxylic acid groups (broad SMARTS) is 1. The third kappa shape index (κ3) is 44.2. The van der Waals surface area contributed by atoms with E-state index in [1.165, 1.54) is 33.1 Å². The van der Waals surface area contributed by atoms with Crippen LogP contribution in [0.4, 0.5) is 13.2 Å². The number of ether oxygens (including phenoxy) is 5. The minimum Gasteiger partial charge on any atom is -0.538 e. The summed E-state index contributed by atoms with van der Waals surface area (Å²) in [7, 11) is -7.15. The summed E-state index contributed by atoms with van der Waals surface area (Å²) in [6, 6.07) is 1.05. The van der Waals surface area contributed by atoms with E-state index in [4.69, 9.17) is 32.9 Å². The van der Waals surface area contributed by atoms with Gasteiger partial charge in [-0.1, -0.05) is 95.4 Å². The van der Waals surface area contributed by atoms with Gasteiger partial charge in [-0.2, -0.15) is 13.2 Å². The van der Waals surface area contributed by atoms with E-state index in [1.54, 1.807) is 27.9 Å². The molecule has 22 heteroatoms. The minimum atomic E-state index is -5.71. The molecule has 3 unspecified atom stereocenters. The summed E-state index contributed by atoms with van der Waals surface area (Å²) in [6.45, 7) is 41.7. The smallest absolute Gasteiger partial charge is 0.538 e. The second-order valence-corrected chi connectivity index (χ2v) is 31.6. The first-order valence-electron chi connectivity index (χ1n) is 25.3. The van der Waals surface area contributed by atoms with Crippen LogP contribution in [0.5, 0.6) is 0 Å². The number of alkyl halides is 3. The molecule has 0 aliphatic heterocycles. The van der Waals surface area contributed by atoms with Crippen LogP contribution in [0, 0.1) is 34.0 Å². The monoisotopic (exact) mass is 1120 g/mol. The molecule has 0 spiro atoms. The van der Waals surface area contributed by atoms with Crippen LogP contribution in [0.25, 0.3) is 4.72 Å². The van der Waals surface area contributed by atoms with Crippen LogP contribution in [0.3, 0.4) is 0 Å². The van der Waals surface area contributed by atoms with E-state index in [9.17, 15) is 45.6 Å². The van der Waals surface area contributed by atoms with E-state index in [1.807, 2.05) is 55.4 Å². The Morgan fingerprint density at radius 2 is 1.10 bits per heavy atom. The molecule has 1 amide bonds. The number of halogens is 3. The fraction of sp³-hybridized carbons (Fsp3) is 0.900. The average Bonchev–Trinajstić information content (AvgIpc) is 3.27. The van der Waals surface area contributed by atoms with Crippen LogP contribution in [0.1, 0.15) is 168 Å². The zero-order valence-corrected chi connectivity index (χ0v) is 54.9. The van der Waals surface area contributed by atoms with Crippen LogP contribution in [-0.4, -0.2) is 112 Å². The Morgan fingerprint density at radius 3 is 1.46 bits per heavy atom. The van der Waals surface area contributed by atoms with Gasteiger partial charge in [0, 0.05) is 12.5 Å². The Hall–Kier alpha value is -0.960. The molecule has 0 saturated heterocycles. The molecule has 0 bridgehead atoms. The Balaban J connectivity index is -0.000000192. The van der Waals surface area contributed by atoms with Gasteiger partial charge in [-0.15, -0.1) is 0 Å². The van der Waals surface area contributed by atoms with Crippen molar-refractivity contribution in [3.05, 3.63) is 4.72 Å². The standard InChI is InChI=1S/C14H32O3Si2.C13H26O2.C10H20O4.C7H12F3NO3S.C6H12O2.K/c1-9-14(2,3)13(15)16-11-10-12-19(7,8)17-18(4,5)6;1-5-8-9-12(7-3)10-15-13(14)11(4)6-2;1-4-9(2)10(11)14-8-7-13-6-5-12-3;1-4-6(2,3)5(12)11-15(13,14)7(8,9)10;1-4-6(2,3)5(7)8;/h9-12H2,1-8H3;11-12H,5-10H2,1-4H3;9H,4-8H2,1-3H3;4H2,1-3H3,(H,11,12);4H2,1-3H3,(H,7,8);/q;;;;;+1/p-1. The van der Waals surface area contributed by atoms with Crippen molar-refractivity contribution in [1.82, 2.24) is 0 Å². The summed E-state index contributed by atoms with van der Waals surface area (Å²) >= 11 is 0. The number of esters is 3. The van der Waals surface area contributed by atoms with Crippen molar-refractivity contribution in [2.45, 2.75) is 212 Å². The molecule has 0 aromatic heterocycles. The zero-order chi connectivity index (χ0) is 57.1. The second-order valence-electron chi connectivity index (χ2n) is 21.0.